The molecule has 11 nitrogen and oxygen atoms in total. The Labute approximate surface area is 297 Å². The molecule has 0 aromatic heterocycles. The SMILES string of the molecule is CC[C@H]1C(=O)N2[C@H]3Cc4ccccc4[C@@]3(C34C[C@H]5C(=O)N(C)[C@@H](CC)C(=O)N5[C@H]3N(S(=O)(=O)c3ccccc3)c3ccccc34)C[C@H]2C(=O)N1C. The van der Waals surface area contributed by atoms with Crippen LogP contribution in [-0.2, 0) is 46.5 Å². The molecule has 0 N–H and O–H groups in total. The fourth-order valence-corrected chi connectivity index (χ4v) is 12.9. The molecule has 5 heterocycles. The van der Waals surface area contributed by atoms with Crippen molar-refractivity contribution >= 4 is 39.3 Å². The topological polar surface area (TPSA) is 119 Å². The maximum Gasteiger partial charge on any atom is 0.266 e. The molecule has 51 heavy (non-hydrogen) atoms. The normalized spacial score (nSPS) is 33.7. The smallest absolute Gasteiger partial charge is 0.266 e. The second kappa shape index (κ2) is 10.7. The third kappa shape index (κ3) is 3.66. The van der Waals surface area contributed by atoms with Gasteiger partial charge < -0.3 is 19.6 Å². The number of nitrogens with zero attached hydrogens (tertiary/aromatic N) is 5. The molecule has 264 valence electrons. The maximum atomic E-state index is 15.2. The van der Waals surface area contributed by atoms with Crippen LogP contribution in [0.3, 0.4) is 0 Å². The zero-order valence-corrected chi connectivity index (χ0v) is 29.9. The van der Waals surface area contributed by atoms with Gasteiger partial charge in [0.1, 0.15) is 30.3 Å². The molecular formula is C39H41N5O6S. The Kier molecular flexibility index (Phi) is 6.73. The molecule has 0 bridgehead atoms. The fraction of sp³-hybridized carbons (Fsp3) is 0.436. The van der Waals surface area contributed by atoms with E-state index in [1.54, 1.807) is 71.3 Å². The van der Waals surface area contributed by atoms with Crippen LogP contribution in [0, 0.1) is 0 Å². The lowest BCUT2D eigenvalue weighted by atomic mass is 9.53. The number of rotatable bonds is 5. The number of hydrogen-bond donors (Lipinski definition) is 0. The molecule has 0 saturated carbocycles. The van der Waals surface area contributed by atoms with Crippen LogP contribution >= 0.6 is 0 Å². The highest BCUT2D eigenvalue weighted by Crippen LogP contribution is 2.71. The van der Waals surface area contributed by atoms with Gasteiger partial charge in [-0.2, -0.15) is 0 Å². The van der Waals surface area contributed by atoms with Gasteiger partial charge >= 0.3 is 0 Å². The summed E-state index contributed by atoms with van der Waals surface area (Å²) in [5, 5.41) is 0. The molecule has 12 heteroatoms. The third-order valence-electron chi connectivity index (χ3n) is 13.2. The molecular weight excluding hydrogens is 667 g/mol. The van der Waals surface area contributed by atoms with Crippen LogP contribution in [0.4, 0.5) is 5.69 Å². The second-order valence-electron chi connectivity index (χ2n) is 15.0. The summed E-state index contributed by atoms with van der Waals surface area (Å²) in [5.41, 5.74) is 0.889. The van der Waals surface area contributed by atoms with E-state index >= 15 is 8.42 Å². The standard InChI is InChI=1S/C39H41N5O6S/c1-5-27-35(47)42-30(33(45)40(27)3)21-38(25-17-11-10-14-23(25)20-32(38)42)39-22-31-34(46)41(4)28(6-2)36(48)43(31)37(39)44(29-19-13-12-18-26(29)39)51(49,50)24-15-8-7-9-16-24/h7-19,27-28,30-32,37H,5-6,20-22H2,1-4H3/t27-,28-,30-,31-,32-,37-,38-,39?/m0/s1. The molecule has 9 rings (SSSR count). The van der Waals surface area contributed by atoms with Crippen molar-refractivity contribution in [3.05, 3.63) is 95.6 Å². The van der Waals surface area contributed by atoms with E-state index in [2.05, 4.69) is 12.1 Å². The summed E-state index contributed by atoms with van der Waals surface area (Å²) in [7, 11) is -0.982. The molecule has 3 aromatic rings. The predicted octanol–water partition coefficient (Wildman–Crippen LogP) is 3.03. The number of amides is 4. The first kappa shape index (κ1) is 32.2. The Morgan fingerprint density at radius 2 is 1.18 bits per heavy atom. The van der Waals surface area contributed by atoms with Crippen molar-refractivity contribution in [2.45, 2.75) is 98.1 Å². The Balaban J connectivity index is 1.38. The highest BCUT2D eigenvalue weighted by atomic mass is 32.2. The van der Waals surface area contributed by atoms with E-state index in [9.17, 15) is 19.2 Å². The molecule has 3 aromatic carbocycles. The van der Waals surface area contributed by atoms with Gasteiger partial charge in [-0.1, -0.05) is 74.5 Å². The van der Waals surface area contributed by atoms with Gasteiger partial charge in [0.2, 0.25) is 23.6 Å². The Morgan fingerprint density at radius 3 is 1.82 bits per heavy atom. The van der Waals surface area contributed by atoms with Gasteiger partial charge in [0, 0.05) is 25.6 Å². The monoisotopic (exact) mass is 707 g/mol. The highest BCUT2D eigenvalue weighted by Gasteiger charge is 2.80. The van der Waals surface area contributed by atoms with Gasteiger partial charge in [0.25, 0.3) is 10.0 Å². The minimum atomic E-state index is -4.32. The van der Waals surface area contributed by atoms with Crippen molar-refractivity contribution < 1.29 is 27.6 Å². The number of sulfonamides is 1. The number of carbonyl (C=O) groups is 4. The molecule has 5 aliphatic heterocycles. The number of benzene rings is 3. The molecule has 4 amide bonds. The van der Waals surface area contributed by atoms with Gasteiger partial charge in [0.05, 0.1) is 16.0 Å². The second-order valence-corrected chi connectivity index (χ2v) is 16.8. The summed E-state index contributed by atoms with van der Waals surface area (Å²) in [4.78, 5) is 64.8. The summed E-state index contributed by atoms with van der Waals surface area (Å²) in [6.45, 7) is 3.76. The summed E-state index contributed by atoms with van der Waals surface area (Å²) in [5.74, 6) is -0.802. The minimum Gasteiger partial charge on any atom is -0.332 e. The van der Waals surface area contributed by atoms with Crippen molar-refractivity contribution in [2.24, 2.45) is 0 Å². The van der Waals surface area contributed by atoms with Crippen LogP contribution < -0.4 is 4.31 Å². The Bertz CT molecular complexity index is 2140. The van der Waals surface area contributed by atoms with E-state index in [-0.39, 0.29) is 41.4 Å². The average Bonchev–Trinajstić information content (AvgIpc) is 3.84. The van der Waals surface area contributed by atoms with Crippen LogP contribution in [0.1, 0.15) is 56.2 Å². The number of fused-ring (bicyclic) bond motifs is 11. The first-order valence-corrected chi connectivity index (χ1v) is 19.4. The van der Waals surface area contributed by atoms with Crippen LogP contribution in [0.15, 0.2) is 83.8 Å². The van der Waals surface area contributed by atoms with Gasteiger partial charge in [-0.05, 0) is 67.0 Å². The van der Waals surface area contributed by atoms with E-state index in [1.807, 2.05) is 38.1 Å². The molecule has 4 saturated heterocycles. The van der Waals surface area contributed by atoms with Crippen LogP contribution in [0.5, 0.6) is 0 Å². The highest BCUT2D eigenvalue weighted by molar-refractivity contribution is 7.92. The molecule has 0 radical (unpaired) electrons. The van der Waals surface area contributed by atoms with Crippen LogP contribution in [0.25, 0.3) is 0 Å². The zero-order chi connectivity index (χ0) is 35.8. The summed E-state index contributed by atoms with van der Waals surface area (Å²) in [6.07, 6.45) is 0.534. The fourth-order valence-electron chi connectivity index (χ4n) is 11.2. The van der Waals surface area contributed by atoms with Crippen molar-refractivity contribution in [3.8, 4) is 0 Å². The van der Waals surface area contributed by atoms with Crippen LogP contribution in [-0.4, -0.2) is 102 Å². The summed E-state index contributed by atoms with van der Waals surface area (Å²) in [6, 6.07) is 20.0. The maximum absolute atomic E-state index is 15.2. The largest absolute Gasteiger partial charge is 0.332 e. The van der Waals surface area contributed by atoms with E-state index < -0.39 is 57.2 Å². The average molecular weight is 708 g/mol. The number of anilines is 1. The first-order chi connectivity index (χ1) is 24.5. The number of para-hydroxylation sites is 1. The summed E-state index contributed by atoms with van der Waals surface area (Å²) < 4.78 is 31.7. The third-order valence-corrected chi connectivity index (χ3v) is 15.0. The van der Waals surface area contributed by atoms with E-state index in [1.165, 1.54) is 9.21 Å². The minimum absolute atomic E-state index is 0.0708. The van der Waals surface area contributed by atoms with Crippen molar-refractivity contribution in [1.29, 1.82) is 0 Å². The van der Waals surface area contributed by atoms with Gasteiger partial charge in [-0.25, -0.2) is 12.7 Å². The van der Waals surface area contributed by atoms with Gasteiger partial charge in [0.15, 0.2) is 0 Å². The zero-order valence-electron chi connectivity index (χ0n) is 29.1. The van der Waals surface area contributed by atoms with E-state index in [0.717, 1.165) is 11.1 Å². The molecule has 6 aliphatic rings. The van der Waals surface area contributed by atoms with Crippen molar-refractivity contribution in [1.82, 2.24) is 19.6 Å². The molecule has 0 spiro atoms. The predicted molar refractivity (Wildman–Crippen MR) is 188 cm³/mol. The number of likely N-dealkylation sites (N-methyl/N-ethyl adjacent to an activating group) is 2. The van der Waals surface area contributed by atoms with Gasteiger partial charge in [-0.3, -0.25) is 19.2 Å². The molecule has 1 unspecified atom stereocenters. The lowest BCUT2D eigenvalue weighted by molar-refractivity contribution is -0.160. The Morgan fingerprint density at radius 1 is 0.647 bits per heavy atom. The van der Waals surface area contributed by atoms with Crippen molar-refractivity contribution in [3.63, 3.8) is 0 Å². The molecule has 1 aliphatic carbocycles. The number of carbonyl (C=O) groups excluding carboxylic acids is 4. The Hall–Kier alpha value is -4.71. The van der Waals surface area contributed by atoms with Gasteiger partial charge in [-0.15, -0.1) is 0 Å². The number of piperazine rings is 2. The van der Waals surface area contributed by atoms with Crippen molar-refractivity contribution in [2.75, 3.05) is 18.4 Å². The summed E-state index contributed by atoms with van der Waals surface area (Å²) >= 11 is 0. The quantitative estimate of drug-likeness (QED) is 0.403. The lowest BCUT2D eigenvalue weighted by Crippen LogP contribution is -2.68. The number of hydrogen-bond acceptors (Lipinski definition) is 6. The van der Waals surface area contributed by atoms with E-state index in [4.69, 9.17) is 0 Å². The first-order valence-electron chi connectivity index (χ1n) is 17.9. The molecule has 8 atom stereocenters. The van der Waals surface area contributed by atoms with Crippen LogP contribution in [0.2, 0.25) is 0 Å². The molecule has 4 fully saturated rings. The lowest BCUT2D eigenvalue weighted by Gasteiger charge is -2.50. The van der Waals surface area contributed by atoms with E-state index in [0.29, 0.717) is 30.5 Å².